The lowest BCUT2D eigenvalue weighted by molar-refractivity contribution is -0.117. The summed E-state index contributed by atoms with van der Waals surface area (Å²) in [7, 11) is -0.0332. The lowest BCUT2D eigenvalue weighted by Crippen LogP contribution is -2.37. The average molecular weight is 505 g/mol. The van der Waals surface area contributed by atoms with E-state index in [0.717, 1.165) is 11.1 Å². The molecule has 0 aliphatic carbocycles. The summed E-state index contributed by atoms with van der Waals surface area (Å²) in [6.07, 6.45) is 0.0932. The number of carbonyl (C=O) groups is 1. The van der Waals surface area contributed by atoms with Gasteiger partial charge in [-0.25, -0.2) is 8.42 Å². The molecule has 2 fully saturated rings. The summed E-state index contributed by atoms with van der Waals surface area (Å²) in [6, 6.07) is 10.7. The number of amides is 1. The van der Waals surface area contributed by atoms with Gasteiger partial charge in [0.15, 0.2) is 38.0 Å². The molecule has 2 atom stereocenters. The fourth-order valence-corrected chi connectivity index (χ4v) is 8.34. The van der Waals surface area contributed by atoms with E-state index in [1.807, 2.05) is 23.1 Å². The van der Waals surface area contributed by atoms with Crippen LogP contribution in [0.25, 0.3) is 0 Å². The first-order chi connectivity index (χ1) is 16.3. The van der Waals surface area contributed by atoms with Gasteiger partial charge in [0.2, 0.25) is 6.79 Å². The smallest absolute Gasteiger partial charge is 0.252 e. The number of carbonyl (C=O) groups excluding carboxylic acids is 1. The molecule has 0 aromatic heterocycles. The van der Waals surface area contributed by atoms with Crippen molar-refractivity contribution in [2.24, 2.45) is 4.99 Å². The minimum Gasteiger partial charge on any atom is -0.493 e. The number of sulfone groups is 1. The third-order valence-electron chi connectivity index (χ3n) is 5.99. The summed E-state index contributed by atoms with van der Waals surface area (Å²) in [4.78, 5) is 19.2. The van der Waals surface area contributed by atoms with Crippen molar-refractivity contribution in [2.45, 2.75) is 24.3 Å². The molecule has 180 valence electrons. The first-order valence-corrected chi connectivity index (χ1v) is 13.4. The third-order valence-corrected chi connectivity index (χ3v) is 9.24. The van der Waals surface area contributed by atoms with Crippen molar-refractivity contribution in [1.82, 2.24) is 4.90 Å². The van der Waals surface area contributed by atoms with Crippen LogP contribution in [-0.4, -0.2) is 68.2 Å². The topological polar surface area (TPSA) is 104 Å². The molecule has 9 nitrogen and oxygen atoms in total. The van der Waals surface area contributed by atoms with Gasteiger partial charge in [0.25, 0.3) is 5.91 Å². The van der Waals surface area contributed by atoms with Gasteiger partial charge in [0.05, 0.1) is 38.2 Å². The van der Waals surface area contributed by atoms with E-state index in [1.54, 1.807) is 32.4 Å². The van der Waals surface area contributed by atoms with E-state index in [0.29, 0.717) is 34.7 Å². The van der Waals surface area contributed by atoms with Gasteiger partial charge in [0.1, 0.15) is 0 Å². The number of fused-ring (bicyclic) bond motifs is 2. The quantitative estimate of drug-likeness (QED) is 0.586. The molecule has 1 amide bonds. The second-order valence-electron chi connectivity index (χ2n) is 8.27. The molecule has 0 radical (unpaired) electrons. The van der Waals surface area contributed by atoms with Crippen LogP contribution < -0.4 is 18.9 Å². The molecule has 3 aliphatic rings. The van der Waals surface area contributed by atoms with Crippen molar-refractivity contribution in [2.75, 3.05) is 32.5 Å². The molecule has 0 saturated carbocycles. The first kappa shape index (κ1) is 22.9. The second kappa shape index (κ2) is 9.03. The van der Waals surface area contributed by atoms with Gasteiger partial charge in [0, 0.05) is 11.8 Å². The van der Waals surface area contributed by atoms with Crippen molar-refractivity contribution in [3.05, 3.63) is 47.5 Å². The second-order valence-corrected chi connectivity index (χ2v) is 11.6. The summed E-state index contributed by atoms with van der Waals surface area (Å²) in [5, 5.41) is 0.402. The van der Waals surface area contributed by atoms with Crippen LogP contribution in [-0.2, 0) is 27.6 Å². The van der Waals surface area contributed by atoms with Crippen molar-refractivity contribution in [3.63, 3.8) is 0 Å². The minimum atomic E-state index is -3.13. The van der Waals surface area contributed by atoms with Crippen LogP contribution in [0.4, 0.5) is 0 Å². The summed E-state index contributed by atoms with van der Waals surface area (Å²) < 4.78 is 46.0. The van der Waals surface area contributed by atoms with Crippen LogP contribution >= 0.6 is 11.8 Å². The molecular formula is C23H24N2O7S2. The van der Waals surface area contributed by atoms with E-state index in [2.05, 4.69) is 4.99 Å². The average Bonchev–Trinajstić information content (AvgIpc) is 3.46. The summed E-state index contributed by atoms with van der Waals surface area (Å²) >= 11 is 1.36. The highest BCUT2D eigenvalue weighted by atomic mass is 32.2. The van der Waals surface area contributed by atoms with E-state index in [9.17, 15) is 13.2 Å². The Hall–Kier alpha value is -2.92. The number of benzene rings is 2. The number of nitrogens with zero attached hydrogens (tertiary/aromatic N) is 2. The Kier molecular flexibility index (Phi) is 6.07. The van der Waals surface area contributed by atoms with E-state index < -0.39 is 9.84 Å². The largest absolute Gasteiger partial charge is 0.493 e. The molecular weight excluding hydrogens is 480 g/mol. The van der Waals surface area contributed by atoms with Gasteiger partial charge in [-0.05, 0) is 35.4 Å². The summed E-state index contributed by atoms with van der Waals surface area (Å²) in [6.45, 7) is 0.599. The molecule has 0 bridgehead atoms. The standard InChI is InChI=1S/C23H24N2O7S2/c1-29-17-5-3-14(7-19(17)30-2)9-22(26)24-23-25(16-11-34(27,28)12-21(16)33-23)10-15-4-6-18-20(8-15)32-13-31-18/h3-8,16,21H,9-13H2,1-2H3. The number of amidine groups is 1. The van der Waals surface area contributed by atoms with Gasteiger partial charge >= 0.3 is 0 Å². The van der Waals surface area contributed by atoms with E-state index in [4.69, 9.17) is 18.9 Å². The fraction of sp³-hybridized carbons (Fsp3) is 0.391. The Labute approximate surface area is 202 Å². The van der Waals surface area contributed by atoms with Crippen LogP contribution in [0.2, 0.25) is 0 Å². The monoisotopic (exact) mass is 504 g/mol. The lowest BCUT2D eigenvalue weighted by Gasteiger charge is -2.24. The highest BCUT2D eigenvalue weighted by Gasteiger charge is 2.48. The maximum absolute atomic E-state index is 12.9. The third kappa shape index (κ3) is 4.54. The van der Waals surface area contributed by atoms with Crippen LogP contribution in [0, 0.1) is 0 Å². The van der Waals surface area contributed by atoms with Crippen LogP contribution in [0.3, 0.4) is 0 Å². The maximum Gasteiger partial charge on any atom is 0.252 e. The summed E-state index contributed by atoms with van der Waals surface area (Å²) in [5.74, 6) is 2.29. The molecule has 0 N–H and O–H groups in total. The number of hydrogen-bond donors (Lipinski definition) is 0. The van der Waals surface area contributed by atoms with Crippen molar-refractivity contribution in [3.8, 4) is 23.0 Å². The highest BCUT2D eigenvalue weighted by Crippen LogP contribution is 2.40. The molecule has 34 heavy (non-hydrogen) atoms. The van der Waals surface area contributed by atoms with Crippen LogP contribution in [0.1, 0.15) is 11.1 Å². The van der Waals surface area contributed by atoms with Crippen molar-refractivity contribution < 1.29 is 32.2 Å². The Morgan fingerprint density at radius 3 is 2.62 bits per heavy atom. The fourth-order valence-electron chi connectivity index (χ4n) is 4.37. The van der Waals surface area contributed by atoms with E-state index in [-0.39, 0.29) is 41.9 Å². The molecule has 3 heterocycles. The van der Waals surface area contributed by atoms with Gasteiger partial charge in [-0.1, -0.05) is 23.9 Å². The van der Waals surface area contributed by atoms with Gasteiger partial charge < -0.3 is 23.8 Å². The molecule has 11 heteroatoms. The van der Waals surface area contributed by atoms with Gasteiger partial charge in [-0.15, -0.1) is 0 Å². The molecule has 5 rings (SSSR count). The van der Waals surface area contributed by atoms with Gasteiger partial charge in [-0.2, -0.15) is 4.99 Å². The zero-order chi connectivity index (χ0) is 23.9. The Morgan fingerprint density at radius 2 is 1.82 bits per heavy atom. The number of rotatable bonds is 6. The van der Waals surface area contributed by atoms with Gasteiger partial charge in [-0.3, -0.25) is 4.79 Å². The zero-order valence-electron chi connectivity index (χ0n) is 18.7. The maximum atomic E-state index is 12.9. The molecule has 3 aliphatic heterocycles. The Balaban J connectivity index is 1.38. The van der Waals surface area contributed by atoms with E-state index >= 15 is 0 Å². The minimum absolute atomic E-state index is 0.0537. The Morgan fingerprint density at radius 1 is 1.06 bits per heavy atom. The number of ether oxygens (including phenoxy) is 4. The van der Waals surface area contributed by atoms with E-state index in [1.165, 1.54) is 11.8 Å². The van der Waals surface area contributed by atoms with Crippen LogP contribution in [0.5, 0.6) is 23.0 Å². The lowest BCUT2D eigenvalue weighted by atomic mass is 10.1. The van der Waals surface area contributed by atoms with Crippen molar-refractivity contribution in [1.29, 1.82) is 0 Å². The highest BCUT2D eigenvalue weighted by molar-refractivity contribution is 8.15. The number of methoxy groups -OCH3 is 2. The van der Waals surface area contributed by atoms with Crippen molar-refractivity contribution >= 4 is 32.7 Å². The molecule has 2 aromatic carbocycles. The number of hydrogen-bond acceptors (Lipinski definition) is 8. The zero-order valence-corrected chi connectivity index (χ0v) is 20.4. The first-order valence-electron chi connectivity index (χ1n) is 10.7. The molecule has 0 spiro atoms. The van der Waals surface area contributed by atoms with Crippen LogP contribution in [0.15, 0.2) is 41.4 Å². The number of thioether (sulfide) groups is 1. The predicted octanol–water partition coefficient (Wildman–Crippen LogP) is 2.27. The molecule has 2 saturated heterocycles. The predicted molar refractivity (Wildman–Crippen MR) is 128 cm³/mol. The molecule has 2 aromatic rings. The molecule has 2 unspecified atom stereocenters. The number of aliphatic imine (C=N–C) groups is 1. The summed E-state index contributed by atoms with van der Waals surface area (Å²) in [5.41, 5.74) is 1.68. The SMILES string of the molecule is COc1ccc(CC(=O)N=C2SC3CS(=O)(=O)CC3N2Cc2ccc3c(c2)OCO3)cc1OC. The Bertz CT molecular complexity index is 1260. The normalized spacial score (nSPS) is 23.2.